The van der Waals surface area contributed by atoms with Crippen LogP contribution in [0, 0.1) is 10.1 Å². The summed E-state index contributed by atoms with van der Waals surface area (Å²) in [5, 5.41) is 10.5. The van der Waals surface area contributed by atoms with E-state index in [2.05, 4.69) is 0 Å². The number of ketones is 1. The van der Waals surface area contributed by atoms with Crippen LogP contribution >= 0.6 is 0 Å². The molecule has 0 amide bonds. The van der Waals surface area contributed by atoms with Crippen molar-refractivity contribution in [3.63, 3.8) is 0 Å². The third-order valence-corrected chi connectivity index (χ3v) is 3.20. The van der Waals surface area contributed by atoms with E-state index in [0.717, 1.165) is 0 Å². The van der Waals surface area contributed by atoms with Gasteiger partial charge in [-0.3, -0.25) is 19.7 Å². The van der Waals surface area contributed by atoms with E-state index in [0.29, 0.717) is 12.0 Å². The van der Waals surface area contributed by atoms with Gasteiger partial charge in [-0.15, -0.1) is 0 Å². The summed E-state index contributed by atoms with van der Waals surface area (Å²) in [6, 6.07) is 5.82. The van der Waals surface area contributed by atoms with Crippen LogP contribution in [0.25, 0.3) is 6.08 Å². The van der Waals surface area contributed by atoms with Gasteiger partial charge in [-0.1, -0.05) is 6.08 Å². The summed E-state index contributed by atoms with van der Waals surface area (Å²) in [7, 11) is 0. The number of carbonyl (C=O) groups is 2. The number of benzene rings is 1. The molecular formula is C14H13NO5. The molecule has 1 heterocycles. The summed E-state index contributed by atoms with van der Waals surface area (Å²) < 4.78 is 5.02. The number of carbonyl (C=O) groups excluding carboxylic acids is 2. The summed E-state index contributed by atoms with van der Waals surface area (Å²) in [6.45, 7) is 1.58. The fourth-order valence-corrected chi connectivity index (χ4v) is 1.92. The van der Waals surface area contributed by atoms with Crippen LogP contribution in [0.4, 0.5) is 5.69 Å². The molecule has 0 spiro atoms. The highest BCUT2D eigenvalue weighted by atomic mass is 16.6. The van der Waals surface area contributed by atoms with Crippen LogP contribution in [-0.2, 0) is 14.3 Å². The van der Waals surface area contributed by atoms with Crippen molar-refractivity contribution in [2.75, 3.05) is 0 Å². The molecule has 0 radical (unpaired) electrons. The number of rotatable bonds is 4. The molecule has 1 aromatic rings. The van der Waals surface area contributed by atoms with E-state index < -0.39 is 10.5 Å². The van der Waals surface area contributed by atoms with Crippen LogP contribution in [0.1, 0.15) is 25.3 Å². The van der Waals surface area contributed by atoms with E-state index in [1.807, 2.05) is 0 Å². The van der Waals surface area contributed by atoms with Crippen LogP contribution in [0.3, 0.4) is 0 Å². The lowest BCUT2D eigenvalue weighted by Crippen LogP contribution is -2.33. The largest absolute Gasteiger partial charge is 0.451 e. The van der Waals surface area contributed by atoms with Crippen molar-refractivity contribution in [3.05, 3.63) is 46.0 Å². The maximum absolute atomic E-state index is 12.0. The van der Waals surface area contributed by atoms with Crippen LogP contribution in [-0.4, -0.2) is 22.3 Å². The second-order valence-corrected chi connectivity index (χ2v) is 4.75. The van der Waals surface area contributed by atoms with Crippen molar-refractivity contribution in [1.29, 1.82) is 0 Å². The van der Waals surface area contributed by atoms with Gasteiger partial charge >= 0.3 is 5.97 Å². The number of cyclic esters (lactones) is 1. The number of nitro groups is 1. The molecule has 0 aromatic heterocycles. The molecule has 2 rings (SSSR count). The van der Waals surface area contributed by atoms with E-state index in [9.17, 15) is 19.7 Å². The number of ether oxygens (including phenoxy) is 1. The van der Waals surface area contributed by atoms with Crippen LogP contribution in [0.2, 0.25) is 0 Å². The van der Waals surface area contributed by atoms with E-state index in [1.54, 1.807) is 25.1 Å². The molecule has 6 nitrogen and oxygen atoms in total. The average molecular weight is 275 g/mol. The third-order valence-electron chi connectivity index (χ3n) is 3.20. The molecule has 0 aliphatic carbocycles. The van der Waals surface area contributed by atoms with E-state index in [4.69, 9.17) is 4.74 Å². The number of hydrogen-bond donors (Lipinski definition) is 0. The molecule has 1 aliphatic heterocycles. The van der Waals surface area contributed by atoms with E-state index in [1.165, 1.54) is 18.2 Å². The predicted molar refractivity (Wildman–Crippen MR) is 70.9 cm³/mol. The van der Waals surface area contributed by atoms with Gasteiger partial charge in [0.05, 0.1) is 4.92 Å². The lowest BCUT2D eigenvalue weighted by Gasteiger charge is -2.18. The molecule has 1 aliphatic rings. The van der Waals surface area contributed by atoms with Crippen molar-refractivity contribution >= 4 is 23.5 Å². The molecule has 1 aromatic carbocycles. The number of nitro benzene ring substituents is 1. The van der Waals surface area contributed by atoms with Gasteiger partial charge in [0.2, 0.25) is 0 Å². The highest BCUT2D eigenvalue weighted by molar-refractivity contribution is 6.02. The minimum absolute atomic E-state index is 0.00911. The van der Waals surface area contributed by atoms with Crippen molar-refractivity contribution in [2.24, 2.45) is 0 Å². The first-order valence-electron chi connectivity index (χ1n) is 6.09. The molecule has 0 saturated carbocycles. The van der Waals surface area contributed by atoms with Crippen molar-refractivity contribution in [3.8, 4) is 0 Å². The van der Waals surface area contributed by atoms with Gasteiger partial charge in [-0.25, -0.2) is 0 Å². The molecule has 104 valence electrons. The maximum Gasteiger partial charge on any atom is 0.306 e. The van der Waals surface area contributed by atoms with Gasteiger partial charge in [0.15, 0.2) is 11.4 Å². The van der Waals surface area contributed by atoms with E-state index in [-0.39, 0.29) is 23.9 Å². The van der Waals surface area contributed by atoms with Gasteiger partial charge in [-0.2, -0.15) is 0 Å². The Kier molecular flexibility index (Phi) is 3.65. The SMILES string of the molecule is C[C@@]1(C(=O)/C=C\c2ccc([N+](=O)[O-])cc2)CCC(=O)O1. The molecule has 1 saturated heterocycles. The Morgan fingerprint density at radius 3 is 2.55 bits per heavy atom. The predicted octanol–water partition coefficient (Wildman–Crippen LogP) is 2.27. The Balaban J connectivity index is 2.07. The van der Waals surface area contributed by atoms with Crippen LogP contribution < -0.4 is 0 Å². The fraction of sp³-hybridized carbons (Fsp3) is 0.286. The zero-order chi connectivity index (χ0) is 14.8. The third kappa shape index (κ3) is 2.90. The number of nitrogens with zero attached hydrogens (tertiary/aromatic N) is 1. The molecule has 0 unspecified atom stereocenters. The topological polar surface area (TPSA) is 86.5 Å². The lowest BCUT2D eigenvalue weighted by atomic mass is 9.96. The quantitative estimate of drug-likeness (QED) is 0.364. The Labute approximate surface area is 115 Å². The molecule has 0 bridgehead atoms. The Hall–Kier alpha value is -2.50. The summed E-state index contributed by atoms with van der Waals surface area (Å²) in [5.41, 5.74) is -0.434. The summed E-state index contributed by atoms with van der Waals surface area (Å²) in [5.74, 6) is -0.661. The standard InChI is InChI=1S/C14H13NO5/c1-14(9-8-13(17)20-14)12(16)7-4-10-2-5-11(6-3-10)15(18)19/h2-7H,8-9H2,1H3/b7-4-/t14-/m0/s1. The van der Waals surface area contributed by atoms with Gasteiger partial charge in [-0.05, 0) is 30.7 Å². The fourth-order valence-electron chi connectivity index (χ4n) is 1.92. The Bertz CT molecular complexity index is 590. The van der Waals surface area contributed by atoms with Crippen molar-refractivity contribution < 1.29 is 19.2 Å². The zero-order valence-corrected chi connectivity index (χ0v) is 10.9. The van der Waals surface area contributed by atoms with E-state index >= 15 is 0 Å². The summed E-state index contributed by atoms with van der Waals surface area (Å²) in [6.07, 6.45) is 3.49. The molecule has 0 N–H and O–H groups in total. The molecule has 6 heteroatoms. The first-order chi connectivity index (χ1) is 9.40. The van der Waals surface area contributed by atoms with Crippen LogP contribution in [0.5, 0.6) is 0 Å². The number of hydrogen-bond acceptors (Lipinski definition) is 5. The first kappa shape index (κ1) is 13.9. The maximum atomic E-state index is 12.0. The average Bonchev–Trinajstić information content (AvgIpc) is 2.77. The molecular weight excluding hydrogens is 262 g/mol. The van der Waals surface area contributed by atoms with Crippen LogP contribution in [0.15, 0.2) is 30.3 Å². The summed E-state index contributed by atoms with van der Waals surface area (Å²) >= 11 is 0. The van der Waals surface area contributed by atoms with Gasteiger partial charge in [0.1, 0.15) is 0 Å². The Morgan fingerprint density at radius 1 is 1.40 bits per heavy atom. The second kappa shape index (κ2) is 5.24. The minimum atomic E-state index is -1.09. The second-order valence-electron chi connectivity index (χ2n) is 4.75. The number of esters is 1. The first-order valence-corrected chi connectivity index (χ1v) is 6.09. The van der Waals surface area contributed by atoms with Crippen molar-refractivity contribution in [1.82, 2.24) is 0 Å². The molecule has 1 fully saturated rings. The normalized spacial score (nSPS) is 21.9. The highest BCUT2D eigenvalue weighted by Gasteiger charge is 2.41. The summed E-state index contributed by atoms with van der Waals surface area (Å²) in [4.78, 5) is 33.1. The van der Waals surface area contributed by atoms with Crippen molar-refractivity contribution in [2.45, 2.75) is 25.4 Å². The highest BCUT2D eigenvalue weighted by Crippen LogP contribution is 2.27. The smallest absolute Gasteiger partial charge is 0.306 e. The zero-order valence-electron chi connectivity index (χ0n) is 10.9. The molecule has 20 heavy (non-hydrogen) atoms. The lowest BCUT2D eigenvalue weighted by molar-refractivity contribution is -0.384. The number of non-ortho nitro benzene ring substituents is 1. The minimum Gasteiger partial charge on any atom is -0.451 e. The van der Waals surface area contributed by atoms with Gasteiger partial charge < -0.3 is 4.74 Å². The Morgan fingerprint density at radius 2 is 2.05 bits per heavy atom. The van der Waals surface area contributed by atoms with Gasteiger partial charge in [0, 0.05) is 25.0 Å². The van der Waals surface area contributed by atoms with Gasteiger partial charge in [0.25, 0.3) is 5.69 Å². The monoisotopic (exact) mass is 275 g/mol. The molecule has 1 atom stereocenters.